The molecule has 1 aromatic carbocycles. The van der Waals surface area contributed by atoms with Crippen molar-refractivity contribution in [3.05, 3.63) is 27.7 Å². The van der Waals surface area contributed by atoms with Crippen LogP contribution in [0.2, 0.25) is 5.02 Å². The molecule has 7 heteroatoms. The maximum atomic E-state index is 12.3. The molecule has 0 spiro atoms. The number of halogens is 3. The maximum Gasteiger partial charge on any atom is 0.238 e. The summed E-state index contributed by atoms with van der Waals surface area (Å²) in [5.41, 5.74) is 0.664. The van der Waals surface area contributed by atoms with Crippen molar-refractivity contribution >= 4 is 51.5 Å². The number of benzene rings is 1. The van der Waals surface area contributed by atoms with Crippen LogP contribution < -0.4 is 10.6 Å². The van der Waals surface area contributed by atoms with Gasteiger partial charge in [-0.15, -0.1) is 12.4 Å². The first-order valence-electron chi connectivity index (χ1n) is 7.80. The van der Waals surface area contributed by atoms with Crippen LogP contribution >= 0.6 is 39.9 Å². The van der Waals surface area contributed by atoms with Crippen molar-refractivity contribution in [3.63, 3.8) is 0 Å². The Morgan fingerprint density at radius 3 is 2.74 bits per heavy atom. The van der Waals surface area contributed by atoms with Gasteiger partial charge in [-0.1, -0.05) is 34.5 Å². The number of rotatable bonds is 6. The summed E-state index contributed by atoms with van der Waals surface area (Å²) < 4.78 is 0.901. The number of amides is 1. The minimum absolute atomic E-state index is 0. The zero-order valence-corrected chi connectivity index (χ0v) is 16.4. The summed E-state index contributed by atoms with van der Waals surface area (Å²) in [5, 5.41) is 6.83. The summed E-state index contributed by atoms with van der Waals surface area (Å²) in [5.74, 6) is -0.00351. The van der Waals surface area contributed by atoms with Gasteiger partial charge in [0.25, 0.3) is 0 Å². The van der Waals surface area contributed by atoms with Crippen LogP contribution in [-0.4, -0.2) is 43.0 Å². The van der Waals surface area contributed by atoms with Crippen molar-refractivity contribution < 1.29 is 4.79 Å². The second-order valence-electron chi connectivity index (χ2n) is 5.62. The number of hydrogen-bond donors (Lipinski definition) is 2. The first-order chi connectivity index (χ1) is 10.6. The molecule has 0 bridgehead atoms. The predicted molar refractivity (Wildman–Crippen MR) is 103 cm³/mol. The number of hydrogen-bond acceptors (Lipinski definition) is 3. The number of carbonyl (C=O) groups excluding carboxylic acids is 1. The van der Waals surface area contributed by atoms with Crippen LogP contribution in [0.15, 0.2) is 22.7 Å². The third kappa shape index (κ3) is 6.59. The van der Waals surface area contributed by atoms with Crippen molar-refractivity contribution in [1.29, 1.82) is 0 Å². The maximum absolute atomic E-state index is 12.3. The molecule has 1 fully saturated rings. The van der Waals surface area contributed by atoms with Crippen LogP contribution in [0.1, 0.15) is 26.2 Å². The van der Waals surface area contributed by atoms with Gasteiger partial charge < -0.3 is 10.6 Å². The Balaban J connectivity index is 0.00000264. The van der Waals surface area contributed by atoms with E-state index in [0.29, 0.717) is 23.3 Å². The third-order valence-electron chi connectivity index (χ3n) is 3.89. The average Bonchev–Trinajstić information content (AvgIpc) is 2.50. The lowest BCUT2D eigenvalue weighted by molar-refractivity contribution is -0.118. The molecule has 0 atom stereocenters. The molecule has 1 aromatic rings. The molecule has 1 heterocycles. The Morgan fingerprint density at radius 2 is 2.13 bits per heavy atom. The smallest absolute Gasteiger partial charge is 0.238 e. The molecule has 0 aliphatic carbocycles. The number of piperidine rings is 1. The fourth-order valence-electron chi connectivity index (χ4n) is 2.81. The molecule has 1 aliphatic rings. The molecule has 1 amide bonds. The molecular weight excluding hydrogens is 401 g/mol. The molecule has 2 N–H and O–H groups in total. The Kier molecular flexibility index (Phi) is 9.47. The van der Waals surface area contributed by atoms with Gasteiger partial charge in [0.2, 0.25) is 5.91 Å². The first-order valence-corrected chi connectivity index (χ1v) is 8.97. The van der Waals surface area contributed by atoms with Crippen LogP contribution in [0.4, 0.5) is 5.69 Å². The molecule has 0 unspecified atom stereocenters. The molecule has 1 saturated heterocycles. The molecule has 0 aromatic heterocycles. The zero-order chi connectivity index (χ0) is 15.9. The van der Waals surface area contributed by atoms with E-state index in [4.69, 9.17) is 11.6 Å². The molecule has 4 nitrogen and oxygen atoms in total. The van der Waals surface area contributed by atoms with Crippen molar-refractivity contribution in [2.45, 2.75) is 32.2 Å². The minimum Gasteiger partial charge on any atom is -0.324 e. The molecule has 23 heavy (non-hydrogen) atoms. The van der Waals surface area contributed by atoms with Crippen LogP contribution in [0, 0.1) is 0 Å². The van der Waals surface area contributed by atoms with E-state index in [2.05, 4.69) is 38.4 Å². The van der Waals surface area contributed by atoms with Gasteiger partial charge in [0.15, 0.2) is 0 Å². The summed E-state index contributed by atoms with van der Waals surface area (Å²) in [6, 6.07) is 5.97. The van der Waals surface area contributed by atoms with Gasteiger partial charge >= 0.3 is 0 Å². The first kappa shape index (κ1) is 20.7. The van der Waals surface area contributed by atoms with Crippen LogP contribution in [0.5, 0.6) is 0 Å². The Morgan fingerprint density at radius 1 is 1.43 bits per heavy atom. The van der Waals surface area contributed by atoms with Crippen LogP contribution in [0.25, 0.3) is 0 Å². The standard InChI is InChI=1S/C16H23BrClN3O.ClH/c1-2-9-21(13-5-7-19-8-6-13)11-16(22)20-15-4-3-12(17)10-14(15)18;/h3-4,10,13,19H,2,5-9,11H2,1H3,(H,20,22);1H. The molecular formula is C16H24BrCl2N3O. The molecule has 0 saturated carbocycles. The van der Waals surface area contributed by atoms with Gasteiger partial charge in [0.1, 0.15) is 0 Å². The predicted octanol–water partition coefficient (Wildman–Crippen LogP) is 3.93. The molecule has 1 aliphatic heterocycles. The van der Waals surface area contributed by atoms with E-state index in [0.717, 1.165) is 43.4 Å². The summed E-state index contributed by atoms with van der Waals surface area (Å²) >= 11 is 9.52. The summed E-state index contributed by atoms with van der Waals surface area (Å²) in [7, 11) is 0. The van der Waals surface area contributed by atoms with Crippen molar-refractivity contribution in [2.75, 3.05) is 31.5 Å². The van der Waals surface area contributed by atoms with E-state index < -0.39 is 0 Å². The van der Waals surface area contributed by atoms with Crippen molar-refractivity contribution in [1.82, 2.24) is 10.2 Å². The highest BCUT2D eigenvalue weighted by Crippen LogP contribution is 2.25. The third-order valence-corrected chi connectivity index (χ3v) is 4.69. The molecule has 0 radical (unpaired) electrons. The van der Waals surface area contributed by atoms with Gasteiger partial charge in [-0.3, -0.25) is 9.69 Å². The van der Waals surface area contributed by atoms with E-state index >= 15 is 0 Å². The van der Waals surface area contributed by atoms with E-state index in [1.165, 1.54) is 0 Å². The largest absolute Gasteiger partial charge is 0.324 e. The highest BCUT2D eigenvalue weighted by molar-refractivity contribution is 9.10. The normalized spacial score (nSPS) is 15.3. The van der Waals surface area contributed by atoms with Crippen molar-refractivity contribution in [3.8, 4) is 0 Å². The summed E-state index contributed by atoms with van der Waals surface area (Å²) in [4.78, 5) is 14.6. The second kappa shape index (κ2) is 10.5. The fraction of sp³-hybridized carbons (Fsp3) is 0.562. The van der Waals surface area contributed by atoms with Gasteiger partial charge in [-0.25, -0.2) is 0 Å². The lowest BCUT2D eigenvalue weighted by Gasteiger charge is -2.34. The highest BCUT2D eigenvalue weighted by atomic mass is 79.9. The van der Waals surface area contributed by atoms with Crippen LogP contribution in [-0.2, 0) is 4.79 Å². The molecule has 130 valence electrons. The SMILES string of the molecule is CCCN(CC(=O)Nc1ccc(Br)cc1Cl)C1CCNCC1.Cl. The quantitative estimate of drug-likeness (QED) is 0.727. The van der Waals surface area contributed by atoms with Gasteiger partial charge in [-0.2, -0.15) is 0 Å². The second-order valence-corrected chi connectivity index (χ2v) is 6.95. The monoisotopic (exact) mass is 423 g/mol. The van der Waals surface area contributed by atoms with Gasteiger partial charge in [-0.05, 0) is 57.1 Å². The Hall–Kier alpha value is -0.330. The lowest BCUT2D eigenvalue weighted by Crippen LogP contribution is -2.46. The Labute approximate surface area is 157 Å². The van der Waals surface area contributed by atoms with Gasteiger partial charge in [0.05, 0.1) is 17.3 Å². The van der Waals surface area contributed by atoms with Crippen molar-refractivity contribution in [2.24, 2.45) is 0 Å². The topological polar surface area (TPSA) is 44.4 Å². The van der Waals surface area contributed by atoms with Gasteiger partial charge in [0, 0.05) is 10.5 Å². The summed E-state index contributed by atoms with van der Waals surface area (Å²) in [6.45, 7) is 5.59. The van der Waals surface area contributed by atoms with E-state index in [1.54, 1.807) is 6.07 Å². The van der Waals surface area contributed by atoms with E-state index in [1.807, 2.05) is 12.1 Å². The number of nitrogens with zero attached hydrogens (tertiary/aromatic N) is 1. The average molecular weight is 425 g/mol. The Bertz CT molecular complexity index is 510. The van der Waals surface area contributed by atoms with E-state index in [-0.39, 0.29) is 18.3 Å². The lowest BCUT2D eigenvalue weighted by atomic mass is 10.0. The zero-order valence-electron chi connectivity index (χ0n) is 13.3. The number of carbonyl (C=O) groups is 1. The highest BCUT2D eigenvalue weighted by Gasteiger charge is 2.22. The minimum atomic E-state index is -0.00351. The fourth-order valence-corrected chi connectivity index (χ4v) is 3.54. The molecule has 2 rings (SSSR count). The summed E-state index contributed by atoms with van der Waals surface area (Å²) in [6.07, 6.45) is 3.26. The van der Waals surface area contributed by atoms with Crippen LogP contribution in [0.3, 0.4) is 0 Å². The number of anilines is 1. The number of nitrogens with one attached hydrogen (secondary N) is 2. The van der Waals surface area contributed by atoms with E-state index in [9.17, 15) is 4.79 Å².